The van der Waals surface area contributed by atoms with E-state index in [9.17, 15) is 10.1 Å². The van der Waals surface area contributed by atoms with Gasteiger partial charge in [-0.05, 0) is 54.8 Å². The predicted octanol–water partition coefficient (Wildman–Crippen LogP) is 4.86. The smallest absolute Gasteiger partial charge is 0.266 e. The summed E-state index contributed by atoms with van der Waals surface area (Å²) in [6.07, 6.45) is 2.38. The minimum absolute atomic E-state index is 0.0433. The summed E-state index contributed by atoms with van der Waals surface area (Å²) in [5.41, 5.74) is 2.32. The topological polar surface area (TPSA) is 71.3 Å². The van der Waals surface area contributed by atoms with Crippen LogP contribution in [0.4, 0.5) is 5.69 Å². The molecular weight excluding hydrogens is 364 g/mol. The summed E-state index contributed by atoms with van der Waals surface area (Å²) < 4.78 is 10.8. The second-order valence-electron chi connectivity index (χ2n) is 5.64. The van der Waals surface area contributed by atoms with Crippen molar-refractivity contribution in [3.05, 3.63) is 58.1 Å². The summed E-state index contributed by atoms with van der Waals surface area (Å²) in [6, 6.07) is 12.7. The minimum Gasteiger partial charge on any atom is -0.491 e. The van der Waals surface area contributed by atoms with Gasteiger partial charge in [-0.1, -0.05) is 30.7 Å². The van der Waals surface area contributed by atoms with Crippen LogP contribution in [-0.2, 0) is 11.2 Å². The number of amides is 1. The van der Waals surface area contributed by atoms with E-state index < -0.39 is 5.91 Å². The summed E-state index contributed by atoms with van der Waals surface area (Å²) in [4.78, 5) is 12.4. The number of benzene rings is 2. The fourth-order valence-corrected chi connectivity index (χ4v) is 2.77. The minimum atomic E-state index is -0.494. The number of nitriles is 1. The van der Waals surface area contributed by atoms with E-state index in [1.165, 1.54) is 18.7 Å². The molecular formula is C21H21ClN2O3. The third-order valence-corrected chi connectivity index (χ3v) is 4.11. The van der Waals surface area contributed by atoms with Crippen molar-refractivity contribution in [1.29, 1.82) is 5.26 Å². The van der Waals surface area contributed by atoms with Gasteiger partial charge in [0.25, 0.3) is 5.91 Å². The Balaban J connectivity index is 2.28. The van der Waals surface area contributed by atoms with Gasteiger partial charge >= 0.3 is 0 Å². The van der Waals surface area contributed by atoms with Crippen LogP contribution in [0, 0.1) is 11.3 Å². The first-order valence-corrected chi connectivity index (χ1v) is 8.92. The number of rotatable bonds is 7. The molecule has 0 aromatic heterocycles. The number of nitrogens with one attached hydrogen (secondary N) is 1. The molecule has 0 saturated heterocycles. The molecule has 0 spiro atoms. The summed E-state index contributed by atoms with van der Waals surface area (Å²) in [5, 5.41) is 12.5. The van der Waals surface area contributed by atoms with Gasteiger partial charge in [-0.3, -0.25) is 4.79 Å². The van der Waals surface area contributed by atoms with E-state index in [1.807, 2.05) is 37.3 Å². The van der Waals surface area contributed by atoms with Crippen molar-refractivity contribution >= 4 is 29.3 Å². The maximum absolute atomic E-state index is 12.4. The molecule has 6 heteroatoms. The van der Waals surface area contributed by atoms with E-state index in [0.717, 1.165) is 6.42 Å². The third kappa shape index (κ3) is 5.25. The number of halogens is 1. The van der Waals surface area contributed by atoms with E-state index in [-0.39, 0.29) is 5.57 Å². The number of methoxy groups -OCH3 is 1. The Morgan fingerprint density at radius 1 is 1.26 bits per heavy atom. The van der Waals surface area contributed by atoms with Crippen molar-refractivity contribution in [2.24, 2.45) is 0 Å². The summed E-state index contributed by atoms with van der Waals surface area (Å²) in [6.45, 7) is 4.33. The molecule has 0 radical (unpaired) electrons. The fraction of sp³-hybridized carbons (Fsp3) is 0.238. The average molecular weight is 385 g/mol. The highest BCUT2D eigenvalue weighted by Gasteiger charge is 2.14. The fourth-order valence-electron chi connectivity index (χ4n) is 2.47. The molecule has 1 amide bonds. The van der Waals surface area contributed by atoms with Crippen LogP contribution in [0.15, 0.2) is 42.0 Å². The van der Waals surface area contributed by atoms with E-state index in [1.54, 1.807) is 12.1 Å². The quantitative estimate of drug-likeness (QED) is 0.546. The Kier molecular flexibility index (Phi) is 7.27. The first-order valence-electron chi connectivity index (χ1n) is 8.54. The highest BCUT2D eigenvalue weighted by atomic mass is 35.5. The van der Waals surface area contributed by atoms with E-state index in [0.29, 0.717) is 34.4 Å². The Morgan fingerprint density at radius 2 is 1.96 bits per heavy atom. The number of anilines is 1. The normalized spacial score (nSPS) is 10.9. The van der Waals surface area contributed by atoms with Crippen LogP contribution in [0.5, 0.6) is 11.5 Å². The first kappa shape index (κ1) is 20.3. The maximum Gasteiger partial charge on any atom is 0.266 e. The second-order valence-corrected chi connectivity index (χ2v) is 6.05. The van der Waals surface area contributed by atoms with Crippen LogP contribution in [0.3, 0.4) is 0 Å². The molecule has 140 valence electrons. The lowest BCUT2D eigenvalue weighted by Gasteiger charge is -2.12. The number of hydrogen-bond donors (Lipinski definition) is 1. The number of carbonyl (C=O) groups is 1. The Morgan fingerprint density at radius 3 is 2.52 bits per heavy atom. The lowest BCUT2D eigenvalue weighted by atomic mass is 10.1. The Bertz CT molecular complexity index is 884. The molecule has 2 rings (SSSR count). The molecule has 27 heavy (non-hydrogen) atoms. The van der Waals surface area contributed by atoms with Crippen LogP contribution in [0.2, 0.25) is 5.02 Å². The van der Waals surface area contributed by atoms with Gasteiger partial charge in [0, 0.05) is 5.69 Å². The number of aryl methyl sites for hydroxylation is 1. The zero-order chi connectivity index (χ0) is 19.8. The van der Waals surface area contributed by atoms with Gasteiger partial charge in [0.05, 0.1) is 18.7 Å². The van der Waals surface area contributed by atoms with Crippen molar-refractivity contribution in [2.75, 3.05) is 19.0 Å². The summed E-state index contributed by atoms with van der Waals surface area (Å²) >= 11 is 6.22. The number of carbonyl (C=O) groups excluding carboxylic acids is 1. The van der Waals surface area contributed by atoms with Crippen molar-refractivity contribution in [3.63, 3.8) is 0 Å². The molecule has 0 saturated carbocycles. The van der Waals surface area contributed by atoms with Gasteiger partial charge in [0.2, 0.25) is 0 Å². The zero-order valence-corrected chi connectivity index (χ0v) is 16.3. The molecule has 0 fully saturated rings. The van der Waals surface area contributed by atoms with Gasteiger partial charge in [0.15, 0.2) is 11.5 Å². The molecule has 5 nitrogen and oxygen atoms in total. The molecule has 2 aromatic rings. The van der Waals surface area contributed by atoms with Gasteiger partial charge in [0.1, 0.15) is 11.6 Å². The largest absolute Gasteiger partial charge is 0.491 e. The van der Waals surface area contributed by atoms with Crippen LogP contribution >= 0.6 is 11.6 Å². The van der Waals surface area contributed by atoms with Crippen molar-refractivity contribution in [2.45, 2.75) is 20.3 Å². The van der Waals surface area contributed by atoms with Gasteiger partial charge in [-0.15, -0.1) is 0 Å². The van der Waals surface area contributed by atoms with E-state index in [2.05, 4.69) is 12.2 Å². The molecule has 0 atom stereocenters. The van der Waals surface area contributed by atoms with E-state index in [4.69, 9.17) is 21.1 Å². The van der Waals surface area contributed by atoms with Gasteiger partial charge in [-0.2, -0.15) is 5.26 Å². The van der Waals surface area contributed by atoms with Crippen LogP contribution in [0.25, 0.3) is 6.08 Å². The highest BCUT2D eigenvalue weighted by molar-refractivity contribution is 6.32. The predicted molar refractivity (Wildman–Crippen MR) is 107 cm³/mol. The van der Waals surface area contributed by atoms with Crippen molar-refractivity contribution in [3.8, 4) is 17.6 Å². The van der Waals surface area contributed by atoms with Gasteiger partial charge in [-0.25, -0.2) is 0 Å². The molecule has 0 heterocycles. The molecule has 1 N–H and O–H groups in total. The molecule has 0 aliphatic rings. The SMILES string of the molecule is CCOc1cc(/C=C(\C#N)C(=O)Nc2ccc(CC)cc2)cc(Cl)c1OC. The third-order valence-electron chi connectivity index (χ3n) is 3.83. The van der Waals surface area contributed by atoms with Crippen LogP contribution in [-0.4, -0.2) is 19.6 Å². The number of ether oxygens (including phenoxy) is 2. The molecule has 0 aliphatic carbocycles. The zero-order valence-electron chi connectivity index (χ0n) is 15.5. The Labute approximate surface area is 164 Å². The van der Waals surface area contributed by atoms with Crippen LogP contribution < -0.4 is 14.8 Å². The molecule has 0 bridgehead atoms. The summed E-state index contributed by atoms with van der Waals surface area (Å²) in [5.74, 6) is 0.368. The average Bonchev–Trinajstić information content (AvgIpc) is 2.66. The highest BCUT2D eigenvalue weighted by Crippen LogP contribution is 2.36. The molecule has 0 aliphatic heterocycles. The second kappa shape index (κ2) is 9.65. The summed E-state index contributed by atoms with van der Waals surface area (Å²) in [7, 11) is 1.50. The van der Waals surface area contributed by atoms with Crippen molar-refractivity contribution < 1.29 is 14.3 Å². The molecule has 2 aromatic carbocycles. The lowest BCUT2D eigenvalue weighted by molar-refractivity contribution is -0.112. The first-order chi connectivity index (χ1) is 13.0. The monoisotopic (exact) mass is 384 g/mol. The lowest BCUT2D eigenvalue weighted by Crippen LogP contribution is -2.13. The number of nitrogens with zero attached hydrogens (tertiary/aromatic N) is 1. The van der Waals surface area contributed by atoms with Gasteiger partial charge < -0.3 is 14.8 Å². The van der Waals surface area contributed by atoms with Crippen molar-refractivity contribution in [1.82, 2.24) is 0 Å². The van der Waals surface area contributed by atoms with Crippen LogP contribution in [0.1, 0.15) is 25.0 Å². The Hall–Kier alpha value is -2.97. The number of hydrogen-bond acceptors (Lipinski definition) is 4. The maximum atomic E-state index is 12.4. The van der Waals surface area contributed by atoms with E-state index >= 15 is 0 Å². The standard InChI is InChI=1S/C21H21ClN2O3/c1-4-14-6-8-17(9-7-14)24-21(25)16(13-23)10-15-11-18(22)20(26-3)19(12-15)27-5-2/h6-12H,4-5H2,1-3H3,(H,24,25)/b16-10+. The molecule has 0 unspecified atom stereocenters.